The lowest BCUT2D eigenvalue weighted by atomic mass is 9.80. The molecule has 2 saturated carbocycles. The fourth-order valence-electron chi connectivity index (χ4n) is 3.22. The lowest BCUT2D eigenvalue weighted by Gasteiger charge is -2.31. The molecule has 1 atom stereocenters. The molecule has 0 aliphatic heterocycles. The molecule has 1 heterocycles. The van der Waals surface area contributed by atoms with E-state index in [1.807, 2.05) is 0 Å². The minimum absolute atomic E-state index is 0.649. The molecule has 1 aromatic heterocycles. The molecule has 0 spiro atoms. The molecule has 18 heavy (non-hydrogen) atoms. The van der Waals surface area contributed by atoms with Gasteiger partial charge in [0.05, 0.1) is 11.7 Å². The second-order valence-corrected chi connectivity index (χ2v) is 6.09. The molecule has 3 heteroatoms. The fourth-order valence-corrected chi connectivity index (χ4v) is 3.22. The van der Waals surface area contributed by atoms with Gasteiger partial charge in [0.1, 0.15) is 0 Å². The molecule has 0 aromatic carbocycles. The lowest BCUT2D eigenvalue weighted by Crippen LogP contribution is -2.36. The van der Waals surface area contributed by atoms with E-state index in [0.717, 1.165) is 12.5 Å². The average molecular weight is 247 g/mol. The average Bonchev–Trinajstić information content (AvgIpc) is 2.94. The van der Waals surface area contributed by atoms with Crippen LogP contribution in [0.1, 0.15) is 63.6 Å². The van der Waals surface area contributed by atoms with Crippen molar-refractivity contribution in [1.29, 1.82) is 0 Å². The highest BCUT2D eigenvalue weighted by molar-refractivity contribution is 5.00. The highest BCUT2D eigenvalue weighted by Gasteiger charge is 2.23. The fraction of sp³-hybridized carbons (Fsp3) is 0.800. The Morgan fingerprint density at radius 1 is 1.28 bits per heavy atom. The van der Waals surface area contributed by atoms with Crippen molar-refractivity contribution < 1.29 is 0 Å². The van der Waals surface area contributed by atoms with Crippen LogP contribution < -0.4 is 5.32 Å². The van der Waals surface area contributed by atoms with Crippen LogP contribution in [0.15, 0.2) is 12.3 Å². The van der Waals surface area contributed by atoms with Crippen LogP contribution in [0.25, 0.3) is 0 Å². The van der Waals surface area contributed by atoms with E-state index >= 15 is 0 Å². The van der Waals surface area contributed by atoms with E-state index in [9.17, 15) is 0 Å². The number of nitrogens with one attached hydrogen (secondary N) is 1. The summed E-state index contributed by atoms with van der Waals surface area (Å²) in [7, 11) is 0. The van der Waals surface area contributed by atoms with E-state index in [4.69, 9.17) is 5.10 Å². The number of aromatic nitrogens is 2. The molecule has 0 saturated heterocycles. The summed E-state index contributed by atoms with van der Waals surface area (Å²) in [5.74, 6) is 0.905. The van der Waals surface area contributed by atoms with Crippen LogP contribution in [0.5, 0.6) is 0 Å². The molecule has 100 valence electrons. The summed E-state index contributed by atoms with van der Waals surface area (Å²) < 4.78 is 2.19. The molecule has 2 aliphatic carbocycles. The largest absolute Gasteiger partial charge is 0.308 e. The minimum atomic E-state index is 0.649. The molecule has 1 unspecified atom stereocenters. The summed E-state index contributed by atoms with van der Waals surface area (Å²) in [6, 6.07) is 3.50. The van der Waals surface area contributed by atoms with Gasteiger partial charge in [-0.15, -0.1) is 0 Å². The van der Waals surface area contributed by atoms with Crippen LogP contribution in [0.3, 0.4) is 0 Å². The first kappa shape index (κ1) is 12.2. The van der Waals surface area contributed by atoms with E-state index in [1.54, 1.807) is 0 Å². The van der Waals surface area contributed by atoms with Crippen molar-refractivity contribution in [2.75, 3.05) is 0 Å². The summed E-state index contributed by atoms with van der Waals surface area (Å²) in [6.07, 6.45) is 11.8. The summed E-state index contributed by atoms with van der Waals surface area (Å²) in [5.41, 5.74) is 1.20. The first-order chi connectivity index (χ1) is 8.83. The van der Waals surface area contributed by atoms with Gasteiger partial charge >= 0.3 is 0 Å². The Morgan fingerprint density at radius 2 is 2.06 bits per heavy atom. The number of hydrogen-bond acceptors (Lipinski definition) is 2. The Kier molecular flexibility index (Phi) is 3.69. The van der Waals surface area contributed by atoms with Crippen LogP contribution in [-0.2, 0) is 6.54 Å². The van der Waals surface area contributed by atoms with Crippen molar-refractivity contribution in [2.45, 2.75) is 70.5 Å². The third kappa shape index (κ3) is 2.61. The summed E-state index contributed by atoms with van der Waals surface area (Å²) >= 11 is 0. The Morgan fingerprint density at radius 3 is 2.72 bits per heavy atom. The van der Waals surface area contributed by atoms with Crippen LogP contribution in [-0.4, -0.2) is 15.8 Å². The van der Waals surface area contributed by atoms with Crippen molar-refractivity contribution in [3.8, 4) is 0 Å². The molecule has 2 aliphatic rings. The van der Waals surface area contributed by atoms with Gasteiger partial charge in [-0.1, -0.05) is 19.3 Å². The van der Waals surface area contributed by atoms with Gasteiger partial charge in [-0.05, 0) is 44.6 Å². The zero-order valence-electron chi connectivity index (χ0n) is 11.4. The third-order valence-electron chi connectivity index (χ3n) is 4.82. The molecule has 3 nitrogen and oxygen atoms in total. The molecule has 0 radical (unpaired) electrons. The van der Waals surface area contributed by atoms with Crippen molar-refractivity contribution in [2.24, 2.45) is 5.92 Å². The normalized spacial score (nSPS) is 23.2. The molecular weight excluding hydrogens is 222 g/mol. The van der Waals surface area contributed by atoms with Gasteiger partial charge in [-0.3, -0.25) is 4.68 Å². The monoisotopic (exact) mass is 247 g/mol. The summed E-state index contributed by atoms with van der Waals surface area (Å²) in [4.78, 5) is 0. The van der Waals surface area contributed by atoms with Crippen LogP contribution in [0.2, 0.25) is 0 Å². The Bertz CT molecular complexity index is 375. The van der Waals surface area contributed by atoms with E-state index in [-0.39, 0.29) is 0 Å². The van der Waals surface area contributed by atoms with Gasteiger partial charge in [-0.25, -0.2) is 0 Å². The quantitative estimate of drug-likeness (QED) is 0.865. The van der Waals surface area contributed by atoms with Gasteiger partial charge in [0.2, 0.25) is 0 Å². The van der Waals surface area contributed by atoms with E-state index in [1.165, 1.54) is 50.6 Å². The molecule has 2 fully saturated rings. The topological polar surface area (TPSA) is 29.9 Å². The van der Waals surface area contributed by atoms with Crippen molar-refractivity contribution in [3.63, 3.8) is 0 Å². The minimum Gasteiger partial charge on any atom is -0.308 e. The Labute approximate surface area is 110 Å². The van der Waals surface area contributed by atoms with E-state index in [2.05, 4.69) is 29.2 Å². The standard InChI is InChI=1S/C15H25N3/c1-12(13-5-4-6-13)16-11-14-9-10-18(17-14)15-7-2-3-8-15/h9-10,12-13,15-16H,2-8,11H2,1H3. The van der Waals surface area contributed by atoms with Crippen molar-refractivity contribution in [1.82, 2.24) is 15.1 Å². The van der Waals surface area contributed by atoms with Gasteiger partial charge in [0.15, 0.2) is 0 Å². The van der Waals surface area contributed by atoms with E-state index in [0.29, 0.717) is 12.1 Å². The van der Waals surface area contributed by atoms with Crippen LogP contribution in [0, 0.1) is 5.92 Å². The molecule has 1 N–H and O–H groups in total. The molecular formula is C15H25N3. The summed E-state index contributed by atoms with van der Waals surface area (Å²) in [5, 5.41) is 8.35. The van der Waals surface area contributed by atoms with Gasteiger partial charge in [-0.2, -0.15) is 5.10 Å². The Balaban J connectivity index is 1.50. The highest BCUT2D eigenvalue weighted by atomic mass is 15.3. The van der Waals surface area contributed by atoms with Gasteiger partial charge < -0.3 is 5.32 Å². The first-order valence-electron chi connectivity index (χ1n) is 7.60. The van der Waals surface area contributed by atoms with E-state index < -0.39 is 0 Å². The first-order valence-corrected chi connectivity index (χ1v) is 7.60. The maximum absolute atomic E-state index is 4.72. The summed E-state index contributed by atoms with van der Waals surface area (Å²) in [6.45, 7) is 3.25. The molecule has 1 aromatic rings. The maximum atomic E-state index is 4.72. The molecule has 0 amide bonds. The SMILES string of the molecule is CC(NCc1ccn(C2CCCC2)n1)C1CCC1. The predicted molar refractivity (Wildman–Crippen MR) is 73.4 cm³/mol. The number of hydrogen-bond donors (Lipinski definition) is 1. The molecule has 0 bridgehead atoms. The molecule has 3 rings (SSSR count). The van der Waals surface area contributed by atoms with Crippen LogP contribution in [0.4, 0.5) is 0 Å². The van der Waals surface area contributed by atoms with Crippen LogP contribution >= 0.6 is 0 Å². The van der Waals surface area contributed by atoms with Gasteiger partial charge in [0.25, 0.3) is 0 Å². The predicted octanol–water partition coefficient (Wildman–Crippen LogP) is 3.28. The lowest BCUT2D eigenvalue weighted by molar-refractivity contribution is 0.239. The Hall–Kier alpha value is -0.830. The maximum Gasteiger partial charge on any atom is 0.0762 e. The third-order valence-corrected chi connectivity index (χ3v) is 4.82. The van der Waals surface area contributed by atoms with Gasteiger partial charge in [0, 0.05) is 18.8 Å². The number of nitrogens with zero attached hydrogens (tertiary/aromatic N) is 2. The zero-order chi connectivity index (χ0) is 12.4. The van der Waals surface area contributed by atoms with Crippen molar-refractivity contribution in [3.05, 3.63) is 18.0 Å². The zero-order valence-corrected chi connectivity index (χ0v) is 11.4. The highest BCUT2D eigenvalue weighted by Crippen LogP contribution is 2.30. The van der Waals surface area contributed by atoms with Crippen molar-refractivity contribution >= 4 is 0 Å². The second kappa shape index (κ2) is 5.43. The second-order valence-electron chi connectivity index (χ2n) is 6.09. The number of rotatable bonds is 5. The smallest absolute Gasteiger partial charge is 0.0762 e.